The average Bonchev–Trinajstić information content (AvgIpc) is 2.92. The van der Waals surface area contributed by atoms with E-state index in [1.807, 2.05) is 0 Å². The van der Waals surface area contributed by atoms with E-state index in [-0.39, 0.29) is 30.0 Å². The molecular formula is C30H42O9. The smallest absolute Gasteiger partial charge is 0.341 e. The zero-order chi connectivity index (χ0) is 28.3. The molecule has 0 spiro atoms. The molecule has 0 bridgehead atoms. The standard InChI is InChI=1S/C30H42O9/c1-2-3-8-25(31)9-4-6-13-36-15-17-38-18-16-37-14-7-5-10-28(32)27-20-23-11-12-26(39-22-30(34)35)19-24(23)21-29(27)33/h11-12,19-20H,2-10,13-18,21-22H2,1H3,(H,34,35). The van der Waals surface area contributed by atoms with Gasteiger partial charge in [0.15, 0.2) is 18.2 Å². The summed E-state index contributed by atoms with van der Waals surface area (Å²) in [6, 6.07) is 5.00. The third kappa shape index (κ3) is 13.7. The summed E-state index contributed by atoms with van der Waals surface area (Å²) in [7, 11) is 0. The van der Waals surface area contributed by atoms with Gasteiger partial charge in [0.2, 0.25) is 0 Å². The second-order valence-corrected chi connectivity index (χ2v) is 9.52. The fraction of sp³-hybridized carbons (Fsp3) is 0.600. The van der Waals surface area contributed by atoms with Crippen LogP contribution >= 0.6 is 0 Å². The van der Waals surface area contributed by atoms with Crippen LogP contribution < -0.4 is 4.74 Å². The molecule has 0 fully saturated rings. The van der Waals surface area contributed by atoms with Crippen molar-refractivity contribution in [3.8, 4) is 5.75 Å². The van der Waals surface area contributed by atoms with Crippen LogP contribution in [0.5, 0.6) is 5.75 Å². The quantitative estimate of drug-likeness (QED) is 0.157. The van der Waals surface area contributed by atoms with Crippen LogP contribution in [0.1, 0.15) is 75.8 Å². The van der Waals surface area contributed by atoms with Gasteiger partial charge in [-0.05, 0) is 61.4 Å². The Morgan fingerprint density at radius 2 is 1.44 bits per heavy atom. The molecule has 0 amide bonds. The molecule has 0 aromatic heterocycles. The molecule has 1 N–H and O–H groups in total. The fourth-order valence-corrected chi connectivity index (χ4v) is 4.04. The molecule has 1 aliphatic rings. The summed E-state index contributed by atoms with van der Waals surface area (Å²) >= 11 is 0. The van der Waals surface area contributed by atoms with Crippen molar-refractivity contribution in [2.24, 2.45) is 0 Å². The van der Waals surface area contributed by atoms with Crippen molar-refractivity contribution in [2.45, 2.75) is 71.1 Å². The minimum Gasteiger partial charge on any atom is -0.482 e. The molecule has 2 rings (SSSR count). The normalized spacial score (nSPS) is 12.6. The maximum absolute atomic E-state index is 12.6. The number of carboxylic acid groups (broad SMARTS) is 1. The molecule has 0 atom stereocenters. The van der Waals surface area contributed by atoms with Crippen LogP contribution in [-0.4, -0.2) is 74.7 Å². The van der Waals surface area contributed by atoms with Crippen LogP contribution in [-0.2, 0) is 39.8 Å². The maximum Gasteiger partial charge on any atom is 0.341 e. The first-order chi connectivity index (χ1) is 18.9. The molecule has 39 heavy (non-hydrogen) atoms. The number of allylic oxidation sites excluding steroid dienone is 1. The number of hydrogen-bond donors (Lipinski definition) is 1. The Bertz CT molecular complexity index is 967. The average molecular weight is 547 g/mol. The molecule has 0 unspecified atom stereocenters. The fourth-order valence-electron chi connectivity index (χ4n) is 4.04. The van der Waals surface area contributed by atoms with Crippen LogP contribution in [0, 0.1) is 0 Å². The summed E-state index contributed by atoms with van der Waals surface area (Å²) in [4.78, 5) is 47.3. The van der Waals surface area contributed by atoms with Crippen molar-refractivity contribution in [1.82, 2.24) is 0 Å². The van der Waals surface area contributed by atoms with Crippen molar-refractivity contribution in [3.05, 3.63) is 34.9 Å². The van der Waals surface area contributed by atoms with Crippen LogP contribution in [0.2, 0.25) is 0 Å². The first kappa shape index (κ1) is 32.3. The third-order valence-electron chi connectivity index (χ3n) is 6.22. The van der Waals surface area contributed by atoms with E-state index < -0.39 is 12.6 Å². The molecule has 0 radical (unpaired) electrons. The number of carbonyl (C=O) groups is 4. The number of ketones is 3. The topological polar surface area (TPSA) is 125 Å². The summed E-state index contributed by atoms with van der Waals surface area (Å²) in [6.07, 6.45) is 8.43. The minimum atomic E-state index is -1.08. The van der Waals surface area contributed by atoms with Gasteiger partial charge in [0.05, 0.1) is 32.0 Å². The Morgan fingerprint density at radius 1 is 0.821 bits per heavy atom. The van der Waals surface area contributed by atoms with E-state index in [1.165, 1.54) is 0 Å². The summed E-state index contributed by atoms with van der Waals surface area (Å²) in [5.41, 5.74) is 1.69. The molecule has 216 valence electrons. The number of hydrogen-bond acceptors (Lipinski definition) is 8. The lowest BCUT2D eigenvalue weighted by molar-refractivity contribution is -0.139. The van der Waals surface area contributed by atoms with Crippen molar-refractivity contribution < 1.29 is 43.2 Å². The van der Waals surface area contributed by atoms with Gasteiger partial charge < -0.3 is 24.1 Å². The monoisotopic (exact) mass is 546 g/mol. The lowest BCUT2D eigenvalue weighted by atomic mass is 9.88. The van der Waals surface area contributed by atoms with Gasteiger partial charge in [0.25, 0.3) is 0 Å². The number of carbonyl (C=O) groups excluding carboxylic acids is 3. The second-order valence-electron chi connectivity index (χ2n) is 9.52. The van der Waals surface area contributed by atoms with Gasteiger partial charge in [-0.25, -0.2) is 4.79 Å². The molecule has 0 saturated heterocycles. The number of Topliss-reactive ketones (excluding diaryl/α,β-unsaturated/α-hetero) is 3. The molecule has 0 heterocycles. The highest BCUT2D eigenvalue weighted by Gasteiger charge is 2.24. The molecule has 9 nitrogen and oxygen atoms in total. The number of unbranched alkanes of at least 4 members (excludes halogenated alkanes) is 3. The van der Waals surface area contributed by atoms with Gasteiger partial charge >= 0.3 is 5.97 Å². The Labute approximate surface area is 230 Å². The van der Waals surface area contributed by atoms with Crippen molar-refractivity contribution in [2.75, 3.05) is 46.2 Å². The van der Waals surface area contributed by atoms with Crippen LogP contribution in [0.25, 0.3) is 6.08 Å². The van der Waals surface area contributed by atoms with Crippen molar-refractivity contribution in [1.29, 1.82) is 0 Å². The number of aliphatic carboxylic acids is 1. The largest absolute Gasteiger partial charge is 0.482 e. The maximum atomic E-state index is 12.6. The summed E-state index contributed by atoms with van der Waals surface area (Å²) in [5.74, 6) is -0.768. The zero-order valence-corrected chi connectivity index (χ0v) is 23.0. The Hall–Kier alpha value is -2.88. The van der Waals surface area contributed by atoms with Crippen LogP contribution in [0.4, 0.5) is 0 Å². The highest BCUT2D eigenvalue weighted by Crippen LogP contribution is 2.27. The Balaban J connectivity index is 1.48. The molecule has 0 saturated carbocycles. The molecule has 1 aliphatic carbocycles. The number of carboxylic acids is 1. The summed E-state index contributed by atoms with van der Waals surface area (Å²) in [5, 5.41) is 8.73. The van der Waals surface area contributed by atoms with Crippen LogP contribution in [0.3, 0.4) is 0 Å². The Kier molecular flexibility index (Phi) is 15.9. The molecule has 0 aliphatic heterocycles. The summed E-state index contributed by atoms with van der Waals surface area (Å²) < 4.78 is 21.7. The predicted octanol–water partition coefficient (Wildman–Crippen LogP) is 4.38. The van der Waals surface area contributed by atoms with Gasteiger partial charge in [-0.1, -0.05) is 19.4 Å². The number of benzene rings is 1. The van der Waals surface area contributed by atoms with Crippen LogP contribution in [0.15, 0.2) is 23.8 Å². The van der Waals surface area contributed by atoms with Gasteiger partial charge in [-0.15, -0.1) is 0 Å². The van der Waals surface area contributed by atoms with Crippen molar-refractivity contribution >= 4 is 29.4 Å². The van der Waals surface area contributed by atoms with E-state index in [4.69, 9.17) is 24.1 Å². The molecule has 9 heteroatoms. The predicted molar refractivity (Wildman–Crippen MR) is 146 cm³/mol. The molecule has 1 aromatic carbocycles. The van der Waals surface area contributed by atoms with Crippen molar-refractivity contribution in [3.63, 3.8) is 0 Å². The van der Waals surface area contributed by atoms with E-state index in [1.54, 1.807) is 24.3 Å². The molecular weight excluding hydrogens is 504 g/mol. The van der Waals surface area contributed by atoms with Gasteiger partial charge in [0, 0.05) is 38.9 Å². The van der Waals surface area contributed by atoms with E-state index in [2.05, 4.69) is 6.92 Å². The first-order valence-electron chi connectivity index (χ1n) is 13.9. The third-order valence-corrected chi connectivity index (χ3v) is 6.22. The van der Waals surface area contributed by atoms with E-state index in [9.17, 15) is 19.2 Å². The van der Waals surface area contributed by atoms with E-state index >= 15 is 0 Å². The SMILES string of the molecule is CCCCC(=O)CCCCOCCOCCOCCCCC(=O)C1=Cc2ccc(OCC(=O)O)cc2CC1=O. The van der Waals surface area contributed by atoms with Gasteiger partial charge in [-0.2, -0.15) is 0 Å². The minimum absolute atomic E-state index is 0.0888. The molecule has 1 aromatic rings. The lowest BCUT2D eigenvalue weighted by Gasteiger charge is -2.16. The van der Waals surface area contributed by atoms with Gasteiger partial charge in [0.1, 0.15) is 11.5 Å². The number of fused-ring (bicyclic) bond motifs is 1. The highest BCUT2D eigenvalue weighted by molar-refractivity contribution is 6.25. The first-order valence-corrected chi connectivity index (χ1v) is 13.9. The van der Waals surface area contributed by atoms with Gasteiger partial charge in [-0.3, -0.25) is 14.4 Å². The zero-order valence-electron chi connectivity index (χ0n) is 23.0. The lowest BCUT2D eigenvalue weighted by Crippen LogP contribution is -2.19. The van der Waals surface area contributed by atoms with E-state index in [0.29, 0.717) is 82.4 Å². The second kappa shape index (κ2) is 19.2. The Morgan fingerprint density at radius 3 is 2.08 bits per heavy atom. The van der Waals surface area contributed by atoms with E-state index in [0.717, 1.165) is 31.2 Å². The number of ether oxygens (including phenoxy) is 4. The summed E-state index contributed by atoms with van der Waals surface area (Å²) in [6.45, 7) is 4.73. The number of rotatable bonds is 23. The highest BCUT2D eigenvalue weighted by atomic mass is 16.5.